The van der Waals surface area contributed by atoms with E-state index in [4.69, 9.17) is 5.11 Å². The average Bonchev–Trinajstić information content (AvgIpc) is 2.29. The van der Waals surface area contributed by atoms with E-state index >= 15 is 0 Å². The van der Waals surface area contributed by atoms with Crippen molar-refractivity contribution in [1.82, 2.24) is 5.32 Å². The number of nitrogens with one attached hydrogen (secondary N) is 1. The molecule has 1 fully saturated rings. The van der Waals surface area contributed by atoms with Gasteiger partial charge in [-0.15, -0.1) is 0 Å². The Kier molecular flexibility index (Phi) is 3.74. The molecular weight excluding hydrogens is 221 g/mol. The van der Waals surface area contributed by atoms with E-state index < -0.39 is 5.97 Å². The molecule has 3 nitrogen and oxygen atoms in total. The maximum Gasteiger partial charge on any atom is 0.308 e. The lowest BCUT2D eigenvalue weighted by Gasteiger charge is -2.29. The van der Waals surface area contributed by atoms with E-state index in [0.29, 0.717) is 13.0 Å². The number of carbonyl (C=O) groups is 1. The summed E-state index contributed by atoms with van der Waals surface area (Å²) in [6.07, 6.45) is 1.46. The monoisotopic (exact) mass is 237 g/mol. The lowest BCUT2D eigenvalue weighted by molar-refractivity contribution is -0.144. The molecule has 2 N–H and O–H groups in total. The molecule has 4 heteroatoms. The van der Waals surface area contributed by atoms with E-state index in [2.05, 4.69) is 5.32 Å². The number of carboxylic acids is 1. The molecule has 0 saturated carbocycles. The summed E-state index contributed by atoms with van der Waals surface area (Å²) in [5, 5.41) is 12.2. The Bertz CT molecular complexity index is 408. The number of aliphatic carboxylic acids is 1. The molecule has 1 saturated heterocycles. The number of halogens is 1. The zero-order valence-electron chi connectivity index (χ0n) is 9.53. The molecule has 0 spiro atoms. The molecule has 0 bridgehead atoms. The topological polar surface area (TPSA) is 49.3 Å². The van der Waals surface area contributed by atoms with Crippen LogP contribution < -0.4 is 5.32 Å². The Labute approximate surface area is 99.7 Å². The minimum absolute atomic E-state index is 0.0931. The van der Waals surface area contributed by atoms with Crippen molar-refractivity contribution >= 4 is 5.97 Å². The highest BCUT2D eigenvalue weighted by atomic mass is 19.1. The van der Waals surface area contributed by atoms with Crippen LogP contribution in [0.25, 0.3) is 0 Å². The van der Waals surface area contributed by atoms with Gasteiger partial charge in [-0.1, -0.05) is 12.1 Å². The SMILES string of the molecule is O=C(O)C1CNCCC1Cc1cccc(F)c1. The zero-order chi connectivity index (χ0) is 12.3. The molecule has 1 aromatic rings. The van der Waals surface area contributed by atoms with E-state index in [1.54, 1.807) is 6.07 Å². The Morgan fingerprint density at radius 1 is 1.53 bits per heavy atom. The van der Waals surface area contributed by atoms with E-state index in [9.17, 15) is 9.18 Å². The summed E-state index contributed by atoms with van der Waals surface area (Å²) >= 11 is 0. The van der Waals surface area contributed by atoms with Crippen LogP contribution in [0.4, 0.5) is 4.39 Å². The fourth-order valence-corrected chi connectivity index (χ4v) is 2.41. The summed E-state index contributed by atoms with van der Waals surface area (Å²) in [4.78, 5) is 11.1. The minimum atomic E-state index is -0.765. The van der Waals surface area contributed by atoms with Gasteiger partial charge in [-0.05, 0) is 43.0 Å². The van der Waals surface area contributed by atoms with Crippen molar-refractivity contribution in [2.45, 2.75) is 12.8 Å². The van der Waals surface area contributed by atoms with Crippen LogP contribution in [0.3, 0.4) is 0 Å². The largest absolute Gasteiger partial charge is 0.481 e. The highest BCUT2D eigenvalue weighted by Crippen LogP contribution is 2.24. The van der Waals surface area contributed by atoms with Gasteiger partial charge in [-0.25, -0.2) is 4.39 Å². The van der Waals surface area contributed by atoms with Crippen molar-refractivity contribution in [3.8, 4) is 0 Å². The fourth-order valence-electron chi connectivity index (χ4n) is 2.41. The Balaban J connectivity index is 2.08. The number of rotatable bonds is 3. The first-order valence-electron chi connectivity index (χ1n) is 5.85. The smallest absolute Gasteiger partial charge is 0.308 e. The van der Waals surface area contributed by atoms with Crippen LogP contribution in [0.1, 0.15) is 12.0 Å². The van der Waals surface area contributed by atoms with Gasteiger partial charge in [0.1, 0.15) is 5.82 Å². The molecule has 0 amide bonds. The van der Waals surface area contributed by atoms with E-state index in [0.717, 1.165) is 18.5 Å². The number of benzene rings is 1. The molecule has 92 valence electrons. The number of hydrogen-bond donors (Lipinski definition) is 2. The number of hydrogen-bond acceptors (Lipinski definition) is 2. The van der Waals surface area contributed by atoms with E-state index in [-0.39, 0.29) is 17.7 Å². The molecule has 1 aliphatic rings. The van der Waals surface area contributed by atoms with Crippen LogP contribution in [0, 0.1) is 17.7 Å². The van der Waals surface area contributed by atoms with Crippen LogP contribution in [0.2, 0.25) is 0 Å². The van der Waals surface area contributed by atoms with E-state index in [1.165, 1.54) is 12.1 Å². The van der Waals surface area contributed by atoms with Gasteiger partial charge >= 0.3 is 5.97 Å². The highest BCUT2D eigenvalue weighted by Gasteiger charge is 2.30. The molecule has 0 radical (unpaired) electrons. The molecule has 0 aliphatic carbocycles. The minimum Gasteiger partial charge on any atom is -0.481 e. The molecular formula is C13H16FNO2. The van der Waals surface area contributed by atoms with Crippen LogP contribution in [0.5, 0.6) is 0 Å². The summed E-state index contributed by atoms with van der Waals surface area (Å²) in [5.41, 5.74) is 0.878. The molecule has 0 aromatic heterocycles. The average molecular weight is 237 g/mol. The summed E-state index contributed by atoms with van der Waals surface area (Å²) in [6, 6.07) is 6.41. The Hall–Kier alpha value is -1.42. The van der Waals surface area contributed by atoms with Gasteiger partial charge in [0.2, 0.25) is 0 Å². The maximum atomic E-state index is 13.0. The first-order valence-corrected chi connectivity index (χ1v) is 5.85. The van der Waals surface area contributed by atoms with Crippen molar-refractivity contribution in [1.29, 1.82) is 0 Å². The van der Waals surface area contributed by atoms with Gasteiger partial charge < -0.3 is 10.4 Å². The summed E-state index contributed by atoms with van der Waals surface area (Å²) in [7, 11) is 0. The van der Waals surface area contributed by atoms with Gasteiger partial charge in [0, 0.05) is 6.54 Å². The lowest BCUT2D eigenvalue weighted by Crippen LogP contribution is -2.41. The second-order valence-electron chi connectivity index (χ2n) is 4.53. The molecule has 1 aliphatic heterocycles. The molecule has 2 unspecified atom stereocenters. The van der Waals surface area contributed by atoms with Crippen molar-refractivity contribution in [3.05, 3.63) is 35.6 Å². The van der Waals surface area contributed by atoms with Crippen LogP contribution >= 0.6 is 0 Å². The first kappa shape index (κ1) is 12.0. The van der Waals surface area contributed by atoms with Crippen LogP contribution in [-0.4, -0.2) is 24.2 Å². The normalized spacial score (nSPS) is 24.5. The second kappa shape index (κ2) is 5.27. The number of piperidine rings is 1. The van der Waals surface area contributed by atoms with Gasteiger partial charge in [0.15, 0.2) is 0 Å². The zero-order valence-corrected chi connectivity index (χ0v) is 9.53. The van der Waals surface area contributed by atoms with Gasteiger partial charge in [-0.2, -0.15) is 0 Å². The third-order valence-electron chi connectivity index (χ3n) is 3.33. The molecule has 2 rings (SSSR count). The Morgan fingerprint density at radius 2 is 2.35 bits per heavy atom. The highest BCUT2D eigenvalue weighted by molar-refractivity contribution is 5.70. The van der Waals surface area contributed by atoms with E-state index in [1.807, 2.05) is 6.07 Å². The quantitative estimate of drug-likeness (QED) is 0.841. The standard InChI is InChI=1S/C13H16FNO2/c14-11-3-1-2-9(7-11)6-10-4-5-15-8-12(10)13(16)17/h1-3,7,10,12,15H,4-6,8H2,(H,16,17). The van der Waals surface area contributed by atoms with Gasteiger partial charge in [0.25, 0.3) is 0 Å². The van der Waals surface area contributed by atoms with Crippen LogP contribution in [0.15, 0.2) is 24.3 Å². The summed E-state index contributed by atoms with van der Waals surface area (Å²) in [5.74, 6) is -1.30. The summed E-state index contributed by atoms with van der Waals surface area (Å²) < 4.78 is 13.0. The predicted molar refractivity (Wildman–Crippen MR) is 62.2 cm³/mol. The molecule has 1 heterocycles. The molecule has 2 atom stereocenters. The van der Waals surface area contributed by atoms with Crippen molar-refractivity contribution in [2.75, 3.05) is 13.1 Å². The van der Waals surface area contributed by atoms with Crippen LogP contribution in [-0.2, 0) is 11.2 Å². The van der Waals surface area contributed by atoms with Gasteiger partial charge in [0.05, 0.1) is 5.92 Å². The molecule has 17 heavy (non-hydrogen) atoms. The first-order chi connectivity index (χ1) is 8.16. The third kappa shape index (κ3) is 3.03. The predicted octanol–water partition coefficient (Wildman–Crippen LogP) is 1.68. The lowest BCUT2D eigenvalue weighted by atomic mass is 9.82. The number of carboxylic acid groups (broad SMARTS) is 1. The van der Waals surface area contributed by atoms with Crippen molar-refractivity contribution in [2.24, 2.45) is 11.8 Å². The van der Waals surface area contributed by atoms with Crippen molar-refractivity contribution < 1.29 is 14.3 Å². The van der Waals surface area contributed by atoms with Gasteiger partial charge in [-0.3, -0.25) is 4.79 Å². The second-order valence-corrected chi connectivity index (χ2v) is 4.53. The third-order valence-corrected chi connectivity index (χ3v) is 3.33. The maximum absolute atomic E-state index is 13.0. The molecule has 1 aromatic carbocycles. The van der Waals surface area contributed by atoms with Crippen molar-refractivity contribution in [3.63, 3.8) is 0 Å². The summed E-state index contributed by atoms with van der Waals surface area (Å²) in [6.45, 7) is 1.35. The fraction of sp³-hybridized carbons (Fsp3) is 0.462. The Morgan fingerprint density at radius 3 is 3.06 bits per heavy atom.